The summed E-state index contributed by atoms with van der Waals surface area (Å²) in [7, 11) is -2.87. The lowest BCUT2D eigenvalue weighted by Crippen LogP contribution is -2.39. The fourth-order valence-electron chi connectivity index (χ4n) is 4.21. The number of aromatic hydroxyl groups is 1. The Morgan fingerprint density at radius 2 is 1.65 bits per heavy atom. The van der Waals surface area contributed by atoms with E-state index in [0.717, 1.165) is 28.8 Å². The highest BCUT2D eigenvalue weighted by Crippen LogP contribution is 2.23. The molecule has 0 bridgehead atoms. The summed E-state index contributed by atoms with van der Waals surface area (Å²) in [6.07, 6.45) is 3.44. The Labute approximate surface area is 217 Å². The van der Waals surface area contributed by atoms with Gasteiger partial charge in [0, 0.05) is 43.2 Å². The summed E-state index contributed by atoms with van der Waals surface area (Å²) in [5.74, 6) is 6.24. The van der Waals surface area contributed by atoms with Crippen molar-refractivity contribution in [1.29, 1.82) is 0 Å². The molecule has 1 fully saturated rings. The van der Waals surface area contributed by atoms with Crippen LogP contribution in [0.3, 0.4) is 0 Å². The van der Waals surface area contributed by atoms with Gasteiger partial charge in [0.25, 0.3) is 5.56 Å². The molecule has 1 unspecified atom stereocenters. The molecule has 37 heavy (non-hydrogen) atoms. The third-order valence-corrected chi connectivity index (χ3v) is 7.95. The van der Waals surface area contributed by atoms with Crippen LogP contribution in [0.25, 0.3) is 0 Å². The van der Waals surface area contributed by atoms with Crippen LogP contribution >= 0.6 is 0 Å². The van der Waals surface area contributed by atoms with Gasteiger partial charge in [0.2, 0.25) is 5.75 Å². The molecule has 0 spiro atoms. The van der Waals surface area contributed by atoms with Crippen LogP contribution in [-0.2, 0) is 22.8 Å². The molecular weight excluding hydrogens is 488 g/mol. The zero-order valence-electron chi connectivity index (χ0n) is 20.5. The number of hydrogen-bond acceptors (Lipinski definition) is 7. The van der Waals surface area contributed by atoms with Crippen LogP contribution in [0.5, 0.6) is 5.75 Å². The Bertz CT molecular complexity index is 1440. The summed E-state index contributed by atoms with van der Waals surface area (Å²) in [6.45, 7) is 6.03. The van der Waals surface area contributed by atoms with Gasteiger partial charge in [-0.2, -0.15) is 0 Å². The largest absolute Gasteiger partial charge is 0.502 e. The van der Waals surface area contributed by atoms with Crippen molar-refractivity contribution in [2.45, 2.75) is 18.9 Å². The van der Waals surface area contributed by atoms with Crippen molar-refractivity contribution in [2.24, 2.45) is 0 Å². The first-order valence-corrected chi connectivity index (χ1v) is 13.9. The normalized spacial score (nSPS) is 15.8. The number of rotatable bonds is 8. The molecule has 0 radical (unpaired) electrons. The number of hydrogen-bond donors (Lipinski definition) is 3. The van der Waals surface area contributed by atoms with Gasteiger partial charge in [-0.05, 0) is 48.0 Å². The van der Waals surface area contributed by atoms with Gasteiger partial charge >= 0.3 is 0 Å². The lowest BCUT2D eigenvalue weighted by Gasteiger charge is -2.26. The van der Waals surface area contributed by atoms with E-state index >= 15 is 0 Å². The molecular formula is C28H30N4O4S. The number of aromatic amines is 1. The van der Waals surface area contributed by atoms with Crippen LogP contribution in [0, 0.1) is 11.8 Å². The molecule has 1 aromatic heterocycles. The highest BCUT2D eigenvalue weighted by molar-refractivity contribution is 7.91. The summed E-state index contributed by atoms with van der Waals surface area (Å²) in [6, 6.07) is 15.9. The van der Waals surface area contributed by atoms with Gasteiger partial charge in [0.1, 0.15) is 0 Å². The Morgan fingerprint density at radius 1 is 1.05 bits per heavy atom. The molecule has 192 valence electrons. The second-order valence-electron chi connectivity index (χ2n) is 9.05. The van der Waals surface area contributed by atoms with E-state index in [1.807, 2.05) is 48.5 Å². The second kappa shape index (κ2) is 11.9. The first kappa shape index (κ1) is 26.2. The first-order valence-electron chi connectivity index (χ1n) is 12.1. The third kappa shape index (κ3) is 7.32. The summed E-state index contributed by atoms with van der Waals surface area (Å²) in [5.41, 5.74) is 3.72. The molecule has 1 saturated heterocycles. The van der Waals surface area contributed by atoms with Crippen LogP contribution in [0.1, 0.15) is 33.9 Å². The molecule has 0 saturated carbocycles. The highest BCUT2D eigenvalue weighted by atomic mass is 32.2. The number of sulfone groups is 1. The average Bonchev–Trinajstić information content (AvgIpc) is 2.90. The Kier molecular flexibility index (Phi) is 8.43. The maximum absolute atomic E-state index is 11.8. The SMILES string of the molecule is C=CNCC(Cc1ccc(C#Cc2ccc(CN3CCS(=O)(=O)CC3)cc2)cc1)c1nc[nH]c(=O)c1O. The molecule has 1 atom stereocenters. The molecule has 9 heteroatoms. The van der Waals surface area contributed by atoms with E-state index < -0.39 is 15.4 Å². The number of H-pyrrole nitrogens is 1. The molecule has 1 aliphatic rings. The van der Waals surface area contributed by atoms with Gasteiger partial charge in [-0.25, -0.2) is 13.4 Å². The molecule has 1 aliphatic heterocycles. The van der Waals surface area contributed by atoms with E-state index in [1.165, 1.54) is 6.33 Å². The number of benzene rings is 2. The quantitative estimate of drug-likeness (QED) is 0.392. The zero-order chi connectivity index (χ0) is 26.3. The smallest absolute Gasteiger partial charge is 0.293 e. The summed E-state index contributed by atoms with van der Waals surface area (Å²) in [4.78, 5) is 20.5. The summed E-state index contributed by atoms with van der Waals surface area (Å²) in [5, 5.41) is 13.2. The number of nitrogens with one attached hydrogen (secondary N) is 2. The van der Waals surface area contributed by atoms with E-state index in [2.05, 4.69) is 38.6 Å². The highest BCUT2D eigenvalue weighted by Gasteiger charge is 2.21. The van der Waals surface area contributed by atoms with E-state index in [-0.39, 0.29) is 23.2 Å². The topological polar surface area (TPSA) is 115 Å². The van der Waals surface area contributed by atoms with Crippen molar-refractivity contribution in [3.8, 4) is 17.6 Å². The van der Waals surface area contributed by atoms with Crippen LogP contribution in [-0.4, -0.2) is 59.5 Å². The van der Waals surface area contributed by atoms with Crippen LogP contribution < -0.4 is 10.9 Å². The Balaban J connectivity index is 1.38. The molecule has 0 aliphatic carbocycles. The number of nitrogens with zero attached hydrogens (tertiary/aromatic N) is 2. The van der Waals surface area contributed by atoms with Crippen LogP contribution in [0.15, 0.2) is 72.4 Å². The minimum atomic E-state index is -2.87. The molecule has 4 rings (SSSR count). The van der Waals surface area contributed by atoms with Gasteiger partial charge in [-0.3, -0.25) is 9.69 Å². The van der Waals surface area contributed by atoms with Gasteiger partial charge < -0.3 is 15.4 Å². The fraction of sp³-hybridized carbons (Fsp3) is 0.286. The predicted molar refractivity (Wildman–Crippen MR) is 144 cm³/mol. The van der Waals surface area contributed by atoms with E-state index in [9.17, 15) is 18.3 Å². The van der Waals surface area contributed by atoms with Crippen LogP contribution in [0.2, 0.25) is 0 Å². The van der Waals surface area contributed by atoms with E-state index in [0.29, 0.717) is 31.7 Å². The van der Waals surface area contributed by atoms with Crippen molar-refractivity contribution in [3.05, 3.63) is 106 Å². The van der Waals surface area contributed by atoms with E-state index in [1.54, 1.807) is 6.20 Å². The second-order valence-corrected chi connectivity index (χ2v) is 11.4. The Hall–Kier alpha value is -3.87. The fourth-order valence-corrected chi connectivity index (χ4v) is 5.49. The minimum Gasteiger partial charge on any atom is -0.502 e. The molecule has 2 aromatic carbocycles. The van der Waals surface area contributed by atoms with Crippen molar-refractivity contribution in [2.75, 3.05) is 31.1 Å². The van der Waals surface area contributed by atoms with Gasteiger partial charge in [-0.1, -0.05) is 42.7 Å². The minimum absolute atomic E-state index is 0.218. The average molecular weight is 519 g/mol. The molecule has 3 N–H and O–H groups in total. The van der Waals surface area contributed by atoms with Crippen molar-refractivity contribution in [3.63, 3.8) is 0 Å². The maximum atomic E-state index is 11.8. The molecule has 8 nitrogen and oxygen atoms in total. The van der Waals surface area contributed by atoms with Gasteiger partial charge in [0.15, 0.2) is 9.84 Å². The van der Waals surface area contributed by atoms with Crippen LogP contribution in [0.4, 0.5) is 0 Å². The molecule has 3 aromatic rings. The lowest BCUT2D eigenvalue weighted by atomic mass is 9.94. The summed E-state index contributed by atoms with van der Waals surface area (Å²) >= 11 is 0. The van der Waals surface area contributed by atoms with Crippen molar-refractivity contribution >= 4 is 9.84 Å². The van der Waals surface area contributed by atoms with Crippen molar-refractivity contribution in [1.82, 2.24) is 20.2 Å². The molecule has 0 amide bonds. The standard InChI is InChI=1S/C28H30N4O4S/c1-2-29-18-25(26-27(33)28(34)31-20-30-26)17-23-9-5-21(6-10-23)3-4-22-7-11-24(12-8-22)19-32-13-15-37(35,36)16-14-32/h2,5-12,20,25,29,33H,1,13-19H2,(H,30,31,34). The van der Waals surface area contributed by atoms with Crippen molar-refractivity contribution < 1.29 is 13.5 Å². The Morgan fingerprint density at radius 3 is 2.24 bits per heavy atom. The van der Waals surface area contributed by atoms with E-state index in [4.69, 9.17) is 0 Å². The predicted octanol–water partition coefficient (Wildman–Crippen LogP) is 2.17. The van der Waals surface area contributed by atoms with Gasteiger partial charge in [-0.15, -0.1) is 0 Å². The molecule has 2 heterocycles. The zero-order valence-corrected chi connectivity index (χ0v) is 21.3. The first-order chi connectivity index (χ1) is 17.8. The van der Waals surface area contributed by atoms with Gasteiger partial charge in [0.05, 0.1) is 23.5 Å². The summed E-state index contributed by atoms with van der Waals surface area (Å²) < 4.78 is 23.2. The maximum Gasteiger partial charge on any atom is 0.293 e. The monoisotopic (exact) mass is 518 g/mol. The lowest BCUT2D eigenvalue weighted by molar-refractivity contribution is 0.287. The third-order valence-electron chi connectivity index (χ3n) is 6.34. The number of aromatic nitrogens is 2.